The third-order valence-corrected chi connectivity index (χ3v) is 5.77. The van der Waals surface area contributed by atoms with E-state index in [9.17, 15) is 22.8 Å². The number of benzene rings is 2. The molecule has 2 N–H and O–H groups in total. The molecule has 0 saturated carbocycles. The normalized spacial score (nSPS) is 13.7. The Morgan fingerprint density at radius 3 is 2.47 bits per heavy atom. The predicted octanol–water partition coefficient (Wildman–Crippen LogP) is 4.15. The number of hydrogen-bond donors (Lipinski definition) is 1. The highest BCUT2D eigenvalue weighted by Gasteiger charge is 2.43. The molecule has 0 saturated heterocycles. The summed E-state index contributed by atoms with van der Waals surface area (Å²) in [5.74, 6) is -1.24. The van der Waals surface area contributed by atoms with Crippen LogP contribution < -0.4 is 15.4 Å². The molecule has 0 aliphatic carbocycles. The van der Waals surface area contributed by atoms with Crippen LogP contribution in [0.4, 0.5) is 18.9 Å². The van der Waals surface area contributed by atoms with Crippen LogP contribution >= 0.6 is 0 Å². The Morgan fingerprint density at radius 1 is 1.18 bits per heavy atom. The van der Waals surface area contributed by atoms with E-state index in [0.717, 1.165) is 23.1 Å². The van der Waals surface area contributed by atoms with Gasteiger partial charge in [-0.25, -0.2) is 4.68 Å². The number of nitrogens with zero attached hydrogens (tertiary/aromatic N) is 3. The quantitative estimate of drug-likeness (QED) is 0.584. The number of carbonyl (C=O) groups is 2. The fourth-order valence-electron chi connectivity index (χ4n) is 4.16. The van der Waals surface area contributed by atoms with Crippen LogP contribution in [0.1, 0.15) is 51.0 Å². The van der Waals surface area contributed by atoms with Gasteiger partial charge in [0.05, 0.1) is 18.4 Å². The average molecular weight is 472 g/mol. The van der Waals surface area contributed by atoms with E-state index in [0.29, 0.717) is 5.69 Å². The second kappa shape index (κ2) is 8.85. The van der Waals surface area contributed by atoms with Crippen LogP contribution in [0, 0.1) is 0 Å². The van der Waals surface area contributed by atoms with Crippen molar-refractivity contribution in [2.45, 2.75) is 32.4 Å². The number of alkyl halides is 3. The fraction of sp³-hybridized carbons (Fsp3) is 0.292. The Labute approximate surface area is 193 Å². The summed E-state index contributed by atoms with van der Waals surface area (Å²) in [6.45, 7) is 2.13. The Morgan fingerprint density at radius 2 is 1.88 bits per heavy atom. The van der Waals surface area contributed by atoms with Crippen molar-refractivity contribution in [3.8, 4) is 11.4 Å². The van der Waals surface area contributed by atoms with Gasteiger partial charge in [0.25, 0.3) is 11.8 Å². The molecule has 0 spiro atoms. The number of anilines is 1. The van der Waals surface area contributed by atoms with E-state index in [1.807, 2.05) is 12.1 Å². The number of rotatable bonds is 6. The molecule has 0 fully saturated rings. The second-order valence-corrected chi connectivity index (χ2v) is 7.96. The van der Waals surface area contributed by atoms with E-state index in [-0.39, 0.29) is 41.2 Å². The van der Waals surface area contributed by atoms with Crippen LogP contribution in [-0.2, 0) is 19.0 Å². The molecule has 2 heterocycles. The SMILES string of the molecule is CCCc1ccc(N2CCc3c(C(F)(F)F)nn(-c4ccc(OC)cc4C(N)=O)c3C2=O)cc1. The number of nitrogens with two attached hydrogens (primary N) is 1. The van der Waals surface area contributed by atoms with Gasteiger partial charge in [-0.3, -0.25) is 9.59 Å². The molecule has 2 amide bonds. The van der Waals surface area contributed by atoms with Crippen molar-refractivity contribution in [1.29, 1.82) is 0 Å². The monoisotopic (exact) mass is 472 g/mol. The molecule has 1 aromatic heterocycles. The van der Waals surface area contributed by atoms with Crippen molar-refractivity contribution < 1.29 is 27.5 Å². The maximum Gasteiger partial charge on any atom is 0.435 e. The molecule has 3 aromatic rings. The number of halogens is 3. The van der Waals surface area contributed by atoms with Crippen LogP contribution in [0.2, 0.25) is 0 Å². The molecule has 0 radical (unpaired) electrons. The smallest absolute Gasteiger partial charge is 0.435 e. The summed E-state index contributed by atoms with van der Waals surface area (Å²) < 4.78 is 47.5. The first kappa shape index (κ1) is 23.3. The van der Waals surface area contributed by atoms with Crippen LogP contribution in [0.15, 0.2) is 42.5 Å². The van der Waals surface area contributed by atoms with Gasteiger partial charge in [0.2, 0.25) is 0 Å². The van der Waals surface area contributed by atoms with Crippen molar-refractivity contribution in [1.82, 2.24) is 9.78 Å². The molecule has 4 rings (SSSR count). The number of ether oxygens (including phenoxy) is 1. The minimum atomic E-state index is -4.78. The first-order valence-corrected chi connectivity index (χ1v) is 10.7. The summed E-state index contributed by atoms with van der Waals surface area (Å²) in [6.07, 6.45) is -2.98. The zero-order valence-electron chi connectivity index (χ0n) is 18.6. The molecule has 2 aromatic carbocycles. The van der Waals surface area contributed by atoms with E-state index in [1.165, 1.54) is 30.2 Å². The summed E-state index contributed by atoms with van der Waals surface area (Å²) in [5.41, 5.74) is 5.40. The molecule has 0 atom stereocenters. The van der Waals surface area contributed by atoms with Gasteiger partial charge < -0.3 is 15.4 Å². The first-order valence-electron chi connectivity index (χ1n) is 10.7. The molecule has 0 bridgehead atoms. The lowest BCUT2D eigenvalue weighted by atomic mass is 10.0. The van der Waals surface area contributed by atoms with E-state index >= 15 is 0 Å². The van der Waals surface area contributed by atoms with Gasteiger partial charge in [-0.05, 0) is 48.7 Å². The molecule has 7 nitrogen and oxygen atoms in total. The first-order chi connectivity index (χ1) is 16.2. The number of hydrogen-bond acceptors (Lipinski definition) is 4. The van der Waals surface area contributed by atoms with E-state index < -0.39 is 23.7 Å². The minimum Gasteiger partial charge on any atom is -0.497 e. The molecule has 34 heavy (non-hydrogen) atoms. The lowest BCUT2D eigenvalue weighted by Crippen LogP contribution is -2.39. The van der Waals surface area contributed by atoms with Crippen molar-refractivity contribution in [2.24, 2.45) is 5.73 Å². The van der Waals surface area contributed by atoms with Gasteiger partial charge in [0.1, 0.15) is 11.4 Å². The summed E-state index contributed by atoms with van der Waals surface area (Å²) in [6, 6.07) is 11.5. The van der Waals surface area contributed by atoms with Gasteiger partial charge >= 0.3 is 6.18 Å². The number of methoxy groups -OCH3 is 1. The van der Waals surface area contributed by atoms with Gasteiger partial charge in [-0.15, -0.1) is 0 Å². The van der Waals surface area contributed by atoms with Crippen molar-refractivity contribution in [3.05, 3.63) is 70.5 Å². The Balaban J connectivity index is 1.87. The molecule has 1 aliphatic heterocycles. The molecular weight excluding hydrogens is 449 g/mol. The summed E-state index contributed by atoms with van der Waals surface area (Å²) >= 11 is 0. The van der Waals surface area contributed by atoms with Crippen LogP contribution in [-0.4, -0.2) is 35.2 Å². The number of primary amides is 1. The number of carbonyl (C=O) groups excluding carboxylic acids is 2. The topological polar surface area (TPSA) is 90.4 Å². The highest BCUT2D eigenvalue weighted by molar-refractivity contribution is 6.08. The Kier molecular flexibility index (Phi) is 6.07. The number of amides is 2. The van der Waals surface area contributed by atoms with Crippen molar-refractivity contribution >= 4 is 17.5 Å². The highest BCUT2D eigenvalue weighted by Crippen LogP contribution is 2.37. The molecule has 178 valence electrons. The van der Waals surface area contributed by atoms with Crippen molar-refractivity contribution in [3.63, 3.8) is 0 Å². The maximum absolute atomic E-state index is 13.8. The Bertz CT molecular complexity index is 1250. The summed E-state index contributed by atoms with van der Waals surface area (Å²) in [7, 11) is 1.38. The number of aromatic nitrogens is 2. The molecule has 0 unspecified atom stereocenters. The number of fused-ring (bicyclic) bond motifs is 1. The van der Waals surface area contributed by atoms with E-state index in [4.69, 9.17) is 10.5 Å². The molecular formula is C24H23F3N4O3. The summed E-state index contributed by atoms with van der Waals surface area (Å²) in [5, 5.41) is 3.74. The van der Waals surface area contributed by atoms with E-state index in [1.54, 1.807) is 12.1 Å². The minimum absolute atomic E-state index is 0.0338. The number of aryl methyl sites for hydroxylation is 1. The van der Waals surface area contributed by atoms with Gasteiger partial charge in [-0.1, -0.05) is 25.5 Å². The standard InChI is InChI=1S/C24H23F3N4O3/c1-3-4-14-5-7-15(8-6-14)30-12-11-17-20(23(30)33)31(29-21(17)24(25,26)27)19-10-9-16(34-2)13-18(19)22(28)32/h5-10,13H,3-4,11-12H2,1-2H3,(H2,28,32). The third kappa shape index (κ3) is 4.11. The van der Waals surface area contributed by atoms with Crippen LogP contribution in [0.3, 0.4) is 0 Å². The Hall–Kier alpha value is -3.82. The van der Waals surface area contributed by atoms with Gasteiger partial charge in [0, 0.05) is 17.8 Å². The lowest BCUT2D eigenvalue weighted by Gasteiger charge is -2.28. The zero-order valence-corrected chi connectivity index (χ0v) is 18.6. The molecule has 10 heteroatoms. The largest absolute Gasteiger partial charge is 0.497 e. The van der Waals surface area contributed by atoms with Gasteiger partial charge in [0.15, 0.2) is 5.69 Å². The third-order valence-electron chi connectivity index (χ3n) is 5.77. The maximum atomic E-state index is 13.8. The zero-order chi connectivity index (χ0) is 24.6. The van der Waals surface area contributed by atoms with Gasteiger partial charge in [-0.2, -0.15) is 18.3 Å². The highest BCUT2D eigenvalue weighted by atomic mass is 19.4. The van der Waals surface area contributed by atoms with E-state index in [2.05, 4.69) is 12.0 Å². The average Bonchev–Trinajstić information content (AvgIpc) is 3.21. The second-order valence-electron chi connectivity index (χ2n) is 7.96. The van der Waals surface area contributed by atoms with Crippen LogP contribution in [0.5, 0.6) is 5.75 Å². The van der Waals surface area contributed by atoms with Crippen molar-refractivity contribution in [2.75, 3.05) is 18.6 Å². The lowest BCUT2D eigenvalue weighted by molar-refractivity contribution is -0.141. The summed E-state index contributed by atoms with van der Waals surface area (Å²) in [4.78, 5) is 27.0. The predicted molar refractivity (Wildman–Crippen MR) is 119 cm³/mol. The fourth-order valence-corrected chi connectivity index (χ4v) is 4.16. The molecule has 1 aliphatic rings. The van der Waals surface area contributed by atoms with Crippen LogP contribution in [0.25, 0.3) is 5.69 Å².